The standard InChI is InChI=1S/C39H33ClN10O20S6/c40-37-44-38(46-39(45-37)43-28-18-30(41-12-13-51)33(74(59,60)61)19-29(28)49-47-21-4-7-23(8-5-21)72(54,55)15-14-68-76(65,66)67)42-22-6-9-24-20(16-22)17-31(71-70-69-53)34(35(24)52)50-48-27-11-10-25-26(36(27)75(62,63)64)2-1-3-32(25)73(56,57)58/h1-11,16-19,41,51-53H,12-15H2,(H,56,57,58)(H,59,60,61)(H,62,63,64)(H,65,66,67)(H2,42,43,44,45,46). The lowest BCUT2D eigenvalue weighted by Gasteiger charge is -2.15. The van der Waals surface area contributed by atoms with Crippen LogP contribution >= 0.6 is 23.6 Å². The molecule has 7 rings (SSSR count). The third-order valence-electron chi connectivity index (χ3n) is 9.92. The van der Waals surface area contributed by atoms with Crippen LogP contribution in [-0.2, 0) is 64.1 Å². The smallest absolute Gasteiger partial charge is 0.397 e. The van der Waals surface area contributed by atoms with Gasteiger partial charge in [0, 0.05) is 28.4 Å². The summed E-state index contributed by atoms with van der Waals surface area (Å²) in [6, 6.07) is 17.6. The minimum atomic E-state index is -5.17. The fraction of sp³-hybridized carbons (Fsp3) is 0.103. The van der Waals surface area contributed by atoms with Gasteiger partial charge in [-0.15, -0.1) is 19.7 Å². The molecule has 0 amide bonds. The molecule has 0 radical (unpaired) electrons. The zero-order chi connectivity index (χ0) is 55.4. The first kappa shape index (κ1) is 57.0. The van der Waals surface area contributed by atoms with Crippen LogP contribution in [-0.4, -0.2) is 116 Å². The molecule has 0 unspecified atom stereocenters. The van der Waals surface area contributed by atoms with Crippen molar-refractivity contribution in [1.29, 1.82) is 0 Å². The number of nitrogens with one attached hydrogen (secondary N) is 3. The second kappa shape index (κ2) is 22.9. The molecule has 0 fully saturated rings. The largest absolute Gasteiger partial charge is 0.505 e. The molecule has 30 nitrogen and oxygen atoms in total. The van der Waals surface area contributed by atoms with Crippen molar-refractivity contribution in [3.05, 3.63) is 96.3 Å². The SMILES string of the molecule is O=S(=O)(O)OCCS(=O)(=O)c1ccc(N=Nc2cc(S(=O)(=O)O)c(NCCO)cc2Nc2nc(Cl)nc(Nc3ccc4c(O)c(N=Nc5ccc6c(S(=O)(=O)O)cccc6c5S(=O)(=O)O)c(SOOO)cc4c3)n2)cc1. The number of fused-ring (bicyclic) bond motifs is 2. The lowest BCUT2D eigenvalue weighted by atomic mass is 10.1. The van der Waals surface area contributed by atoms with Gasteiger partial charge in [-0.3, -0.25) is 18.2 Å². The number of halogens is 1. The van der Waals surface area contributed by atoms with E-state index in [-0.39, 0.29) is 78.2 Å². The summed E-state index contributed by atoms with van der Waals surface area (Å²) in [4.78, 5) is 9.74. The number of aliphatic hydroxyl groups is 1. The second-order valence-electron chi connectivity index (χ2n) is 14.9. The minimum absolute atomic E-state index is 0.00500. The van der Waals surface area contributed by atoms with Gasteiger partial charge >= 0.3 is 10.4 Å². The molecule has 0 aliphatic heterocycles. The molecular formula is C39H33ClN10O20S6. The third kappa shape index (κ3) is 14.0. The quantitative estimate of drug-likeness (QED) is 0.0107. The van der Waals surface area contributed by atoms with Gasteiger partial charge in [-0.1, -0.05) is 23.2 Å². The number of phenols is 1. The van der Waals surface area contributed by atoms with Crippen molar-refractivity contribution >= 4 is 147 Å². The normalized spacial score (nSPS) is 12.8. The van der Waals surface area contributed by atoms with Crippen LogP contribution in [0.15, 0.2) is 136 Å². The van der Waals surface area contributed by atoms with Gasteiger partial charge in [0.15, 0.2) is 15.6 Å². The number of hydrogen-bond donors (Lipinski definition) is 10. The molecule has 76 heavy (non-hydrogen) atoms. The maximum absolute atomic E-state index is 12.7. The molecule has 402 valence electrons. The van der Waals surface area contributed by atoms with E-state index < -0.39 is 107 Å². The summed E-state index contributed by atoms with van der Waals surface area (Å²) in [7, 11) is -24.0. The van der Waals surface area contributed by atoms with Gasteiger partial charge in [0.2, 0.25) is 17.2 Å². The number of nitrogens with zero attached hydrogens (tertiary/aromatic N) is 7. The Kier molecular flexibility index (Phi) is 17.1. The van der Waals surface area contributed by atoms with E-state index in [0.29, 0.717) is 12.0 Å². The van der Waals surface area contributed by atoms with Gasteiger partial charge < -0.3 is 26.2 Å². The van der Waals surface area contributed by atoms with Gasteiger partial charge in [-0.2, -0.15) is 53.7 Å². The maximum atomic E-state index is 12.7. The van der Waals surface area contributed by atoms with Crippen LogP contribution in [0.3, 0.4) is 0 Å². The first-order chi connectivity index (χ1) is 35.6. The molecule has 0 saturated carbocycles. The lowest BCUT2D eigenvalue weighted by Crippen LogP contribution is -2.15. The molecular weight excluding hydrogens is 1160 g/mol. The van der Waals surface area contributed by atoms with E-state index in [1.54, 1.807) is 0 Å². The highest BCUT2D eigenvalue weighted by atomic mass is 35.5. The molecule has 37 heteroatoms. The molecule has 7 aromatic rings. The van der Waals surface area contributed by atoms with E-state index in [9.17, 15) is 66.0 Å². The third-order valence-corrected chi connectivity index (χ3v) is 15.6. The Morgan fingerprint density at radius 3 is 1.97 bits per heavy atom. The number of aromatic hydroxyl groups is 1. The Balaban J connectivity index is 1.21. The van der Waals surface area contributed by atoms with Gasteiger partial charge in [-0.25, -0.2) is 17.9 Å². The fourth-order valence-electron chi connectivity index (χ4n) is 6.81. The van der Waals surface area contributed by atoms with Gasteiger partial charge in [0.05, 0.1) is 57.9 Å². The van der Waals surface area contributed by atoms with Crippen LogP contribution in [0, 0.1) is 0 Å². The van der Waals surface area contributed by atoms with Crippen molar-refractivity contribution in [3.63, 3.8) is 0 Å². The van der Waals surface area contributed by atoms with Crippen LogP contribution < -0.4 is 16.0 Å². The number of sulfone groups is 1. The number of benzene rings is 6. The Bertz CT molecular complexity index is 4070. The van der Waals surface area contributed by atoms with Gasteiger partial charge in [0.1, 0.15) is 31.7 Å². The number of hydrogen-bond acceptors (Lipinski definition) is 27. The number of rotatable bonds is 22. The summed E-state index contributed by atoms with van der Waals surface area (Å²) in [5, 5.41) is 57.2. The van der Waals surface area contributed by atoms with Crippen LogP contribution in [0.1, 0.15) is 0 Å². The van der Waals surface area contributed by atoms with E-state index >= 15 is 0 Å². The molecule has 1 aromatic heterocycles. The molecule has 0 aliphatic carbocycles. The van der Waals surface area contributed by atoms with Crippen molar-refractivity contribution in [2.75, 3.05) is 41.5 Å². The van der Waals surface area contributed by atoms with Crippen LogP contribution in [0.4, 0.5) is 51.7 Å². The Hall–Kier alpha value is -6.72. The second-order valence-corrected chi connectivity index (χ2v) is 23.3. The number of azo groups is 2. The zero-order valence-electron chi connectivity index (χ0n) is 37.4. The topological polar surface area (TPSA) is 464 Å². The first-order valence-corrected chi connectivity index (χ1v) is 28.8. The summed E-state index contributed by atoms with van der Waals surface area (Å²) in [6.45, 7) is -1.55. The van der Waals surface area contributed by atoms with Crippen LogP contribution in [0.2, 0.25) is 5.28 Å². The van der Waals surface area contributed by atoms with Crippen molar-refractivity contribution < 1.29 is 89.3 Å². The highest BCUT2D eigenvalue weighted by molar-refractivity contribution is 7.94. The first-order valence-electron chi connectivity index (χ1n) is 20.3. The van der Waals surface area contributed by atoms with E-state index in [4.69, 9.17) is 21.4 Å². The van der Waals surface area contributed by atoms with Crippen molar-refractivity contribution in [3.8, 4) is 5.75 Å². The van der Waals surface area contributed by atoms with Crippen molar-refractivity contribution in [2.45, 2.75) is 24.5 Å². The van der Waals surface area contributed by atoms with E-state index in [2.05, 4.69) is 64.9 Å². The summed E-state index contributed by atoms with van der Waals surface area (Å²) >= 11 is 6.60. The summed E-state index contributed by atoms with van der Waals surface area (Å²) < 4.78 is 169. The average Bonchev–Trinajstić information content (AvgIpc) is 3.32. The zero-order valence-corrected chi connectivity index (χ0v) is 43.0. The number of anilines is 5. The van der Waals surface area contributed by atoms with Gasteiger partial charge in [0.25, 0.3) is 30.4 Å². The lowest BCUT2D eigenvalue weighted by molar-refractivity contribution is -0.432. The Morgan fingerprint density at radius 2 is 1.33 bits per heavy atom. The highest BCUT2D eigenvalue weighted by Gasteiger charge is 2.26. The Labute approximate surface area is 437 Å². The van der Waals surface area contributed by atoms with Gasteiger partial charge in [-0.05, 0) is 89.8 Å². The van der Waals surface area contributed by atoms with E-state index in [1.165, 1.54) is 36.4 Å². The molecule has 10 N–H and O–H groups in total. The summed E-state index contributed by atoms with van der Waals surface area (Å²) in [6.07, 6.45) is 0. The molecule has 0 saturated heterocycles. The molecule has 0 aliphatic rings. The Morgan fingerprint density at radius 1 is 0.658 bits per heavy atom. The predicted molar refractivity (Wildman–Crippen MR) is 267 cm³/mol. The summed E-state index contributed by atoms with van der Waals surface area (Å²) in [5.74, 6) is -1.96. The number of phenolic OH excluding ortho intramolecular Hbond substituents is 1. The molecule has 1 heterocycles. The highest BCUT2D eigenvalue weighted by Crippen LogP contribution is 2.46. The molecule has 0 bridgehead atoms. The van der Waals surface area contributed by atoms with E-state index in [1.807, 2.05) is 0 Å². The average molecular weight is 1190 g/mol. The fourth-order valence-corrected chi connectivity index (χ4v) is 11.2. The summed E-state index contributed by atoms with van der Waals surface area (Å²) in [5.41, 5.74) is -1.35. The molecule has 0 spiro atoms. The minimum Gasteiger partial charge on any atom is -0.505 e. The number of aromatic nitrogens is 3. The van der Waals surface area contributed by atoms with Crippen molar-refractivity contribution in [2.24, 2.45) is 20.5 Å². The van der Waals surface area contributed by atoms with E-state index in [0.717, 1.165) is 54.6 Å². The van der Waals surface area contributed by atoms with Crippen molar-refractivity contribution in [1.82, 2.24) is 15.0 Å². The maximum Gasteiger partial charge on any atom is 0.397 e. The van der Waals surface area contributed by atoms with Crippen LogP contribution in [0.5, 0.6) is 5.75 Å². The van der Waals surface area contributed by atoms with Crippen LogP contribution in [0.25, 0.3) is 21.5 Å². The number of aliphatic hydroxyl groups excluding tert-OH is 1. The molecule has 0 atom stereocenters. The monoisotopic (exact) mass is 1190 g/mol. The predicted octanol–water partition coefficient (Wildman–Crippen LogP) is 7.02. The molecule has 6 aromatic carbocycles.